The van der Waals surface area contributed by atoms with E-state index in [1.54, 1.807) is 0 Å². The number of benzene rings is 2. The van der Waals surface area contributed by atoms with Crippen LogP contribution in [0.1, 0.15) is 43.2 Å². The predicted molar refractivity (Wildman–Crippen MR) is 158 cm³/mol. The summed E-state index contributed by atoms with van der Waals surface area (Å²) in [6.07, 6.45) is 13.9. The second-order valence-corrected chi connectivity index (χ2v) is 14.5. The first-order valence-corrected chi connectivity index (χ1v) is 17.1. The summed E-state index contributed by atoms with van der Waals surface area (Å²) in [5, 5.41) is 1.85. The zero-order valence-electron chi connectivity index (χ0n) is 23.2. The fourth-order valence-electron chi connectivity index (χ4n) is 7.59. The third-order valence-electron chi connectivity index (χ3n) is 9.20. The zero-order chi connectivity index (χ0) is 29.0. The van der Waals surface area contributed by atoms with Crippen molar-refractivity contribution in [1.29, 1.82) is 0 Å². The van der Waals surface area contributed by atoms with Gasteiger partial charge in [0.05, 0.1) is 15.7 Å². The molecule has 0 bridgehead atoms. The molecule has 0 fully saturated rings. The maximum Gasteiger partial charge on any atom is 0.295 e. The Kier molecular flexibility index (Phi) is 6.39. The molecule has 0 saturated carbocycles. The van der Waals surface area contributed by atoms with Crippen molar-refractivity contribution in [1.82, 2.24) is 9.48 Å². The first kappa shape index (κ1) is 28.2. The Morgan fingerprint density at radius 1 is 1.00 bits per heavy atom. The Balaban J connectivity index is 0.00000300. The van der Waals surface area contributed by atoms with Crippen LogP contribution in [-0.4, -0.2) is 62.5 Å². The van der Waals surface area contributed by atoms with Gasteiger partial charge in [-0.05, 0) is 49.5 Å². The molecule has 3 N–H and O–H groups in total. The van der Waals surface area contributed by atoms with Gasteiger partial charge in [0.15, 0.2) is 0 Å². The molecule has 1 aliphatic carbocycles. The minimum Gasteiger partial charge on any atom is -0.870 e. The van der Waals surface area contributed by atoms with Crippen molar-refractivity contribution in [2.75, 3.05) is 26.2 Å². The average molecular weight is 623 g/mol. The normalized spacial score (nSPS) is 20.2. The standard InChI is InChI=1S/C31H28N2O7S2.H2O/c34-41(35,36)20-9-10-21(26(17-20)42(37,38)39)27-22-6-2-13-33-14-4-8-24(29(22)33)31-25(27)16-19-15-18-5-1-11-32-12-3-7-23(28(18)32)30(19)40-31;/h3,6-7,9-10,16-17H,1-2,4-5,8,11-15H2,(H-,34,35,36,37,38,39);1H2. The van der Waals surface area contributed by atoms with Crippen LogP contribution in [0.25, 0.3) is 23.3 Å². The van der Waals surface area contributed by atoms with Crippen molar-refractivity contribution in [2.24, 2.45) is 0 Å². The molecule has 10 nitrogen and oxygen atoms in total. The highest BCUT2D eigenvalue weighted by Crippen LogP contribution is 2.48. The highest BCUT2D eigenvalue weighted by atomic mass is 32.2. The molecule has 0 saturated heterocycles. The summed E-state index contributed by atoms with van der Waals surface area (Å²) in [5.74, 6) is 1.51. The van der Waals surface area contributed by atoms with Gasteiger partial charge in [-0.2, -0.15) is 16.8 Å². The number of hydrogen-bond donors (Lipinski definition) is 2. The molecule has 0 radical (unpaired) electrons. The van der Waals surface area contributed by atoms with Gasteiger partial charge in [0.25, 0.3) is 20.2 Å². The van der Waals surface area contributed by atoms with Crippen LogP contribution in [0.4, 0.5) is 0 Å². The molecule has 0 spiro atoms. The van der Waals surface area contributed by atoms with E-state index in [9.17, 15) is 25.9 Å². The molecular weight excluding hydrogens is 592 g/mol. The van der Waals surface area contributed by atoms with E-state index in [0.717, 1.165) is 109 Å². The maximum atomic E-state index is 12.7. The molecule has 5 aliphatic heterocycles. The number of allylic oxidation sites excluding steroid dienone is 3. The first-order valence-electron chi connectivity index (χ1n) is 14.3. The van der Waals surface area contributed by atoms with Gasteiger partial charge in [0, 0.05) is 59.5 Å². The van der Waals surface area contributed by atoms with Crippen molar-refractivity contribution in [3.63, 3.8) is 0 Å². The smallest absolute Gasteiger partial charge is 0.295 e. The Morgan fingerprint density at radius 2 is 1.84 bits per heavy atom. The molecule has 2 aromatic carbocycles. The molecule has 0 atom stereocenters. The van der Waals surface area contributed by atoms with E-state index in [-0.39, 0.29) is 11.0 Å². The Morgan fingerprint density at radius 3 is 2.63 bits per heavy atom. The van der Waals surface area contributed by atoms with Crippen molar-refractivity contribution < 1.29 is 36.2 Å². The molecule has 2 aromatic rings. The molecule has 0 amide bonds. The summed E-state index contributed by atoms with van der Waals surface area (Å²) in [6, 6.07) is 3.35. The minimum atomic E-state index is -4.88. The fraction of sp³-hybridized carbons (Fsp3) is 0.323. The molecule has 5 heterocycles. The van der Waals surface area contributed by atoms with Crippen molar-refractivity contribution in [3.8, 4) is 16.9 Å². The zero-order valence-corrected chi connectivity index (χ0v) is 24.8. The molecule has 12 heteroatoms. The molecule has 43 heavy (non-hydrogen) atoms. The number of nitrogens with zero attached hydrogens (tertiary/aromatic N) is 2. The number of hydrogen-bond acceptors (Lipinski definition) is 7. The summed E-state index contributed by atoms with van der Waals surface area (Å²) in [4.78, 5) is 1.24. The van der Waals surface area contributed by atoms with Crippen LogP contribution >= 0.6 is 0 Å². The van der Waals surface area contributed by atoms with E-state index < -0.39 is 30.0 Å². The maximum absolute atomic E-state index is 12.7. The molecule has 0 aromatic heterocycles. The number of rotatable bonds is 3. The van der Waals surface area contributed by atoms with E-state index in [0.29, 0.717) is 11.3 Å². The summed E-state index contributed by atoms with van der Waals surface area (Å²) in [7, 11) is -9.59. The Hall–Kier alpha value is -3.55. The summed E-state index contributed by atoms with van der Waals surface area (Å²) < 4.78 is 78.5. The van der Waals surface area contributed by atoms with Crippen LogP contribution in [0.15, 0.2) is 68.3 Å². The van der Waals surface area contributed by atoms with Gasteiger partial charge in [0.1, 0.15) is 29.5 Å². The number of ether oxygens (including phenoxy) is 1. The summed E-state index contributed by atoms with van der Waals surface area (Å²) in [6.45, 7) is 3.59. The molecular formula is C31H30N2O8S2. The van der Waals surface area contributed by atoms with Crippen LogP contribution in [0.2, 0.25) is 0 Å². The lowest BCUT2D eigenvalue weighted by Crippen LogP contribution is -2.50. The van der Waals surface area contributed by atoms with Crippen LogP contribution in [0.5, 0.6) is 5.75 Å². The lowest BCUT2D eigenvalue weighted by atomic mass is 9.80. The molecule has 8 rings (SSSR count). The van der Waals surface area contributed by atoms with Crippen LogP contribution < -0.4 is 19.9 Å². The monoisotopic (exact) mass is 622 g/mol. The van der Waals surface area contributed by atoms with Crippen LogP contribution in [0.3, 0.4) is 0 Å². The largest absolute Gasteiger partial charge is 0.870 e. The van der Waals surface area contributed by atoms with Crippen LogP contribution in [-0.2, 0) is 26.7 Å². The van der Waals surface area contributed by atoms with E-state index in [1.165, 1.54) is 23.4 Å². The van der Waals surface area contributed by atoms with Gasteiger partial charge in [-0.15, -0.1) is 0 Å². The van der Waals surface area contributed by atoms with Gasteiger partial charge in [-0.25, -0.2) is 4.58 Å². The highest BCUT2D eigenvalue weighted by molar-refractivity contribution is 7.86. The summed E-state index contributed by atoms with van der Waals surface area (Å²) in [5.41, 5.74) is 7.29. The van der Waals surface area contributed by atoms with Gasteiger partial charge in [0.2, 0.25) is 5.36 Å². The van der Waals surface area contributed by atoms with Crippen molar-refractivity contribution in [3.05, 3.63) is 80.2 Å². The van der Waals surface area contributed by atoms with Crippen molar-refractivity contribution in [2.45, 2.75) is 48.3 Å². The van der Waals surface area contributed by atoms with Crippen LogP contribution in [0, 0.1) is 0 Å². The molecule has 6 aliphatic rings. The predicted octanol–water partition coefficient (Wildman–Crippen LogP) is 2.64. The van der Waals surface area contributed by atoms with E-state index in [1.807, 2.05) is 0 Å². The third kappa shape index (κ3) is 4.26. The summed E-state index contributed by atoms with van der Waals surface area (Å²) >= 11 is 0. The second-order valence-electron chi connectivity index (χ2n) is 11.6. The van der Waals surface area contributed by atoms with Crippen molar-refractivity contribution >= 4 is 32.4 Å². The van der Waals surface area contributed by atoms with E-state index >= 15 is 0 Å². The lowest BCUT2D eigenvalue weighted by molar-refractivity contribution is 0.331. The first-order chi connectivity index (χ1) is 20.1. The van der Waals surface area contributed by atoms with E-state index in [4.69, 9.17) is 4.74 Å². The van der Waals surface area contributed by atoms with E-state index in [2.05, 4.69) is 33.8 Å². The topological polar surface area (TPSA) is 154 Å². The van der Waals surface area contributed by atoms with Gasteiger partial charge in [-0.3, -0.25) is 9.11 Å². The van der Waals surface area contributed by atoms with Gasteiger partial charge < -0.3 is 15.1 Å². The third-order valence-corrected chi connectivity index (χ3v) is 10.9. The SMILES string of the molecule is O=S(=O)(O)c1ccc(-c2c3c(c4c5c2=CCC[N+]=5CCC4)OC2=C4C=CCN5CCCC(=C45)CC2=C3)c(S(=O)(=O)O)c1.[OH-]. The van der Waals surface area contributed by atoms with Gasteiger partial charge in [-0.1, -0.05) is 24.3 Å². The quantitative estimate of drug-likeness (QED) is 0.388. The average Bonchev–Trinajstić information content (AvgIpc) is 2.96. The molecule has 224 valence electrons. The Labute approximate surface area is 249 Å². The second kappa shape index (κ2) is 9.73. The lowest BCUT2D eigenvalue weighted by Gasteiger charge is -2.41. The highest BCUT2D eigenvalue weighted by Gasteiger charge is 2.38. The number of fused-ring (bicyclic) bond motifs is 3. The molecule has 0 unspecified atom stereocenters. The minimum absolute atomic E-state index is 0. The van der Waals surface area contributed by atoms with Gasteiger partial charge >= 0.3 is 0 Å². The Bertz CT molecular complexity index is 2120. The fourth-order valence-corrected chi connectivity index (χ4v) is 8.89.